The van der Waals surface area contributed by atoms with Crippen LogP contribution < -0.4 is 11.1 Å². The van der Waals surface area contributed by atoms with Crippen molar-refractivity contribution in [1.29, 1.82) is 0 Å². The van der Waals surface area contributed by atoms with E-state index in [1.54, 1.807) is 6.92 Å². The summed E-state index contributed by atoms with van der Waals surface area (Å²) in [6.45, 7) is 1.77. The molecule has 0 spiro atoms. The van der Waals surface area contributed by atoms with E-state index in [9.17, 15) is 14.9 Å². The summed E-state index contributed by atoms with van der Waals surface area (Å²) in [4.78, 5) is 21.8. The Kier molecular flexibility index (Phi) is 5.02. The Bertz CT molecular complexity index is 550. The number of nitrogens with two attached hydrogens (primary N) is 1. The van der Waals surface area contributed by atoms with Crippen molar-refractivity contribution in [1.82, 2.24) is 0 Å². The van der Waals surface area contributed by atoms with E-state index in [-0.39, 0.29) is 28.0 Å². The zero-order valence-corrected chi connectivity index (χ0v) is 11.4. The molecular weight excluding hydrogens is 294 g/mol. The van der Waals surface area contributed by atoms with Crippen LogP contribution in [0.15, 0.2) is 12.1 Å². The maximum absolute atomic E-state index is 11.5. The lowest BCUT2D eigenvalue weighted by Crippen LogP contribution is -2.20. The first-order valence-corrected chi connectivity index (χ1v) is 5.87. The number of ether oxygens (including phenoxy) is 1. The molecule has 0 amide bonds. The van der Waals surface area contributed by atoms with Gasteiger partial charge in [0.25, 0.3) is 5.69 Å². The van der Waals surface area contributed by atoms with Gasteiger partial charge in [-0.3, -0.25) is 10.1 Å². The normalized spacial score (nSPS) is 9.79. The van der Waals surface area contributed by atoms with Gasteiger partial charge in [0.1, 0.15) is 5.69 Å². The van der Waals surface area contributed by atoms with Gasteiger partial charge in [0, 0.05) is 6.07 Å². The van der Waals surface area contributed by atoms with Gasteiger partial charge in [-0.2, -0.15) is 0 Å². The van der Waals surface area contributed by atoms with Gasteiger partial charge in [0.15, 0.2) is 5.11 Å². The Morgan fingerprint density at radius 3 is 2.74 bits per heavy atom. The zero-order chi connectivity index (χ0) is 14.6. The fraction of sp³-hybridized carbons (Fsp3) is 0.200. The van der Waals surface area contributed by atoms with Crippen molar-refractivity contribution < 1.29 is 14.5 Å². The molecule has 0 saturated heterocycles. The van der Waals surface area contributed by atoms with Gasteiger partial charge in [0.05, 0.1) is 22.1 Å². The molecule has 0 aliphatic rings. The van der Waals surface area contributed by atoms with Crippen molar-refractivity contribution in [2.75, 3.05) is 11.9 Å². The minimum absolute atomic E-state index is 0.0213. The first-order chi connectivity index (χ1) is 8.86. The van der Waals surface area contributed by atoms with E-state index in [1.165, 1.54) is 6.07 Å². The first-order valence-electron chi connectivity index (χ1n) is 5.08. The zero-order valence-electron chi connectivity index (χ0n) is 9.81. The predicted molar refractivity (Wildman–Crippen MR) is 74.5 cm³/mol. The van der Waals surface area contributed by atoms with Crippen LogP contribution in [0.4, 0.5) is 11.4 Å². The lowest BCUT2D eigenvalue weighted by molar-refractivity contribution is -0.383. The molecule has 3 N–H and O–H groups in total. The quantitative estimate of drug-likeness (QED) is 0.379. The van der Waals surface area contributed by atoms with E-state index >= 15 is 0 Å². The number of thiocarbonyl (C=S) groups is 1. The van der Waals surface area contributed by atoms with Crippen LogP contribution in [0.3, 0.4) is 0 Å². The van der Waals surface area contributed by atoms with Crippen LogP contribution >= 0.6 is 23.8 Å². The number of nitro groups is 1. The Labute approximate surface area is 118 Å². The van der Waals surface area contributed by atoms with Crippen molar-refractivity contribution >= 4 is 46.3 Å². The summed E-state index contributed by atoms with van der Waals surface area (Å²) in [7, 11) is 0. The number of halogens is 1. The molecule has 19 heavy (non-hydrogen) atoms. The van der Waals surface area contributed by atoms with Gasteiger partial charge in [-0.05, 0) is 25.2 Å². The van der Waals surface area contributed by atoms with Crippen LogP contribution in [0.25, 0.3) is 0 Å². The minimum atomic E-state index is -0.700. The van der Waals surface area contributed by atoms with E-state index < -0.39 is 16.6 Å². The highest BCUT2D eigenvalue weighted by molar-refractivity contribution is 7.80. The van der Waals surface area contributed by atoms with Crippen molar-refractivity contribution in [3.05, 3.63) is 32.8 Å². The van der Waals surface area contributed by atoms with E-state index in [4.69, 9.17) is 22.1 Å². The largest absolute Gasteiger partial charge is 0.462 e. The molecule has 0 bridgehead atoms. The molecule has 1 aromatic rings. The van der Waals surface area contributed by atoms with Gasteiger partial charge in [0.2, 0.25) is 0 Å². The molecule has 1 aromatic carbocycles. The number of hydrogen-bond donors (Lipinski definition) is 2. The van der Waals surface area contributed by atoms with Crippen LogP contribution in [-0.4, -0.2) is 22.6 Å². The molecule has 0 heterocycles. The molecule has 0 unspecified atom stereocenters. The molecule has 7 nitrogen and oxygen atoms in total. The standard InChI is InChI=1S/C10H10ClN3O4S/c1-2-18-9(15)5-3-6(11)8(13-10(12)19)7(4-5)14(16)17/h3-4H,2H2,1H3,(H3,12,13,19). The first kappa shape index (κ1) is 15.1. The molecule has 0 aliphatic heterocycles. The smallest absolute Gasteiger partial charge is 0.338 e. The van der Waals surface area contributed by atoms with Crippen LogP contribution in [0.2, 0.25) is 5.02 Å². The van der Waals surface area contributed by atoms with Gasteiger partial charge in [-0.25, -0.2) is 4.79 Å². The van der Waals surface area contributed by atoms with Crippen molar-refractivity contribution in [3.8, 4) is 0 Å². The van der Waals surface area contributed by atoms with E-state index in [0.717, 1.165) is 6.07 Å². The molecular formula is C10H10ClN3O4S. The van der Waals surface area contributed by atoms with Crippen LogP contribution in [0.1, 0.15) is 17.3 Å². The number of rotatable bonds is 4. The Balaban J connectivity index is 3.32. The molecule has 0 fully saturated rings. The number of anilines is 1. The summed E-state index contributed by atoms with van der Waals surface area (Å²) >= 11 is 10.5. The van der Waals surface area contributed by atoms with Gasteiger partial charge in [-0.15, -0.1) is 0 Å². The highest BCUT2D eigenvalue weighted by atomic mass is 35.5. The third kappa shape index (κ3) is 3.76. The summed E-state index contributed by atoms with van der Waals surface area (Å²) in [6, 6.07) is 2.29. The average Bonchev–Trinajstić information content (AvgIpc) is 2.30. The molecule has 102 valence electrons. The van der Waals surface area contributed by atoms with E-state index in [2.05, 4.69) is 17.5 Å². The monoisotopic (exact) mass is 303 g/mol. The summed E-state index contributed by atoms with van der Waals surface area (Å²) in [5.41, 5.74) is 4.76. The SMILES string of the molecule is CCOC(=O)c1cc(Cl)c(NC(N)=S)c([N+](=O)[O-])c1. The van der Waals surface area contributed by atoms with Crippen LogP contribution in [0.5, 0.6) is 0 Å². The number of nitro benzene ring substituents is 1. The number of esters is 1. The number of hydrogen-bond acceptors (Lipinski definition) is 5. The second-order valence-corrected chi connectivity index (χ2v) is 4.17. The maximum atomic E-state index is 11.5. The fourth-order valence-electron chi connectivity index (χ4n) is 1.32. The lowest BCUT2D eigenvalue weighted by atomic mass is 10.1. The molecule has 1 rings (SSSR count). The molecule has 0 aliphatic carbocycles. The Morgan fingerprint density at radius 1 is 1.63 bits per heavy atom. The highest BCUT2D eigenvalue weighted by Gasteiger charge is 2.22. The van der Waals surface area contributed by atoms with Gasteiger partial charge in [-0.1, -0.05) is 11.6 Å². The van der Waals surface area contributed by atoms with Crippen molar-refractivity contribution in [3.63, 3.8) is 0 Å². The molecule has 0 radical (unpaired) electrons. The number of benzene rings is 1. The fourth-order valence-corrected chi connectivity index (χ4v) is 1.68. The van der Waals surface area contributed by atoms with E-state index in [0.29, 0.717) is 0 Å². The van der Waals surface area contributed by atoms with Gasteiger partial charge >= 0.3 is 5.97 Å². The summed E-state index contributed by atoms with van der Waals surface area (Å²) in [5.74, 6) is -0.700. The van der Waals surface area contributed by atoms with Crippen molar-refractivity contribution in [2.24, 2.45) is 5.73 Å². The average molecular weight is 304 g/mol. The predicted octanol–water partition coefficient (Wildman–Crippen LogP) is 2.08. The molecule has 0 saturated carbocycles. The third-order valence-electron chi connectivity index (χ3n) is 2.03. The Hall–Kier alpha value is -1.93. The molecule has 0 atom stereocenters. The minimum Gasteiger partial charge on any atom is -0.462 e. The third-order valence-corrected chi connectivity index (χ3v) is 2.43. The van der Waals surface area contributed by atoms with Crippen LogP contribution in [0, 0.1) is 10.1 Å². The lowest BCUT2D eigenvalue weighted by Gasteiger charge is -2.09. The number of nitrogens with one attached hydrogen (secondary N) is 1. The number of carbonyl (C=O) groups excluding carboxylic acids is 1. The van der Waals surface area contributed by atoms with Gasteiger partial charge < -0.3 is 15.8 Å². The number of carbonyl (C=O) groups is 1. The second-order valence-electron chi connectivity index (χ2n) is 3.32. The summed E-state index contributed by atoms with van der Waals surface area (Å²) in [5, 5.41) is 13.1. The maximum Gasteiger partial charge on any atom is 0.338 e. The summed E-state index contributed by atoms with van der Waals surface area (Å²) in [6.07, 6.45) is 0. The van der Waals surface area contributed by atoms with E-state index in [1.807, 2.05) is 0 Å². The van der Waals surface area contributed by atoms with Crippen molar-refractivity contribution in [2.45, 2.75) is 6.92 Å². The summed E-state index contributed by atoms with van der Waals surface area (Å²) < 4.78 is 4.75. The number of nitrogens with zero attached hydrogens (tertiary/aromatic N) is 1. The second kappa shape index (κ2) is 6.30. The topological polar surface area (TPSA) is 107 Å². The highest BCUT2D eigenvalue weighted by Crippen LogP contribution is 2.33. The van der Waals surface area contributed by atoms with Crippen LogP contribution in [-0.2, 0) is 4.74 Å². The molecule has 9 heteroatoms. The Morgan fingerprint density at radius 2 is 2.26 bits per heavy atom. The molecule has 0 aromatic heterocycles.